The van der Waals surface area contributed by atoms with Gasteiger partial charge in [0.1, 0.15) is 24.1 Å². The highest BCUT2D eigenvalue weighted by atomic mass is 79.9. The summed E-state index contributed by atoms with van der Waals surface area (Å²) in [5.74, 6) is 1.39. The number of aryl methyl sites for hydroxylation is 1. The van der Waals surface area contributed by atoms with Crippen LogP contribution in [0.2, 0.25) is 5.02 Å². The summed E-state index contributed by atoms with van der Waals surface area (Å²) in [6.45, 7) is 0. The molecule has 5 heteroatoms. The van der Waals surface area contributed by atoms with Crippen molar-refractivity contribution in [3.05, 3.63) is 88.7 Å². The fourth-order valence-electron chi connectivity index (χ4n) is 3.19. The topological polar surface area (TPSA) is 33.3 Å². The van der Waals surface area contributed by atoms with Gasteiger partial charge in [-0.2, -0.15) is 0 Å². The van der Waals surface area contributed by atoms with Crippen LogP contribution in [0.5, 0.6) is 11.5 Å². The molecule has 2 heterocycles. The van der Waals surface area contributed by atoms with Crippen LogP contribution < -0.4 is 26.3 Å². The number of fused-ring (bicyclic) bond motifs is 2. The molecule has 0 amide bonds. The largest absolute Gasteiger partial charge is 1.00 e. The van der Waals surface area contributed by atoms with Gasteiger partial charge in [0, 0.05) is 34.7 Å². The minimum absolute atomic E-state index is 0. The number of hydrogen-bond donors (Lipinski definition) is 1. The molecule has 1 aliphatic rings. The molecule has 3 aromatic rings. The molecule has 1 aliphatic heterocycles. The molecular weight excluding hydrogens is 402 g/mol. The van der Waals surface area contributed by atoms with Gasteiger partial charge in [0.25, 0.3) is 0 Å². The van der Waals surface area contributed by atoms with E-state index in [-0.39, 0.29) is 17.0 Å². The molecule has 128 valence electrons. The zero-order valence-corrected chi connectivity index (χ0v) is 16.0. The SMILES string of the molecule is C[n+]1ccc(C2(O)Cc3ccccc3Oc3ccc(Cl)cc32)cc1.[Br-]. The highest BCUT2D eigenvalue weighted by molar-refractivity contribution is 6.30. The lowest BCUT2D eigenvalue weighted by molar-refractivity contribution is -0.671. The van der Waals surface area contributed by atoms with Crippen LogP contribution in [0.15, 0.2) is 67.0 Å². The number of benzene rings is 2. The summed E-state index contributed by atoms with van der Waals surface area (Å²) in [6.07, 6.45) is 4.27. The Morgan fingerprint density at radius 1 is 1.04 bits per heavy atom. The van der Waals surface area contributed by atoms with Gasteiger partial charge < -0.3 is 26.8 Å². The maximum absolute atomic E-state index is 11.7. The third-order valence-corrected chi connectivity index (χ3v) is 4.72. The fraction of sp³-hybridized carbons (Fsp3) is 0.150. The van der Waals surface area contributed by atoms with Crippen molar-refractivity contribution in [2.75, 3.05) is 0 Å². The summed E-state index contributed by atoms with van der Waals surface area (Å²) >= 11 is 6.21. The Morgan fingerprint density at radius 2 is 1.76 bits per heavy atom. The molecule has 25 heavy (non-hydrogen) atoms. The number of aliphatic hydroxyl groups is 1. The number of hydrogen-bond acceptors (Lipinski definition) is 2. The zero-order valence-electron chi connectivity index (χ0n) is 13.6. The molecular formula is C20H17BrClNO2. The monoisotopic (exact) mass is 417 g/mol. The van der Waals surface area contributed by atoms with E-state index >= 15 is 0 Å². The van der Waals surface area contributed by atoms with Gasteiger partial charge in [0.05, 0.1) is 0 Å². The first-order valence-corrected chi connectivity index (χ1v) is 8.18. The van der Waals surface area contributed by atoms with Gasteiger partial charge in [-0.25, -0.2) is 4.57 Å². The molecule has 0 radical (unpaired) electrons. The number of halogens is 2. The van der Waals surface area contributed by atoms with Crippen molar-refractivity contribution >= 4 is 11.6 Å². The molecule has 1 aromatic heterocycles. The van der Waals surface area contributed by atoms with Crippen molar-refractivity contribution in [2.45, 2.75) is 12.0 Å². The van der Waals surface area contributed by atoms with Crippen LogP contribution in [0.1, 0.15) is 16.7 Å². The van der Waals surface area contributed by atoms with E-state index in [4.69, 9.17) is 16.3 Å². The predicted octanol–water partition coefficient (Wildman–Crippen LogP) is 0.753. The van der Waals surface area contributed by atoms with Gasteiger partial charge >= 0.3 is 0 Å². The Labute approximate surface area is 162 Å². The van der Waals surface area contributed by atoms with E-state index in [0.29, 0.717) is 22.8 Å². The second-order valence-corrected chi connectivity index (χ2v) is 6.58. The summed E-state index contributed by atoms with van der Waals surface area (Å²) < 4.78 is 8.01. The summed E-state index contributed by atoms with van der Waals surface area (Å²) in [6, 6.07) is 17.0. The normalized spacial score (nSPS) is 18.2. The highest BCUT2D eigenvalue weighted by Crippen LogP contribution is 2.45. The first-order chi connectivity index (χ1) is 11.6. The van der Waals surface area contributed by atoms with E-state index in [1.165, 1.54) is 0 Å². The standard InChI is InChI=1S/C20H17ClNO2.BrH/c1-22-10-8-15(9-11-22)20(23)13-14-4-2-3-5-18(14)24-19-7-6-16(21)12-17(19)20;/h2-12,23H,13H2,1H3;1H/q+1;/p-1. The van der Waals surface area contributed by atoms with Gasteiger partial charge in [-0.1, -0.05) is 29.8 Å². The zero-order chi connectivity index (χ0) is 16.7. The summed E-state index contributed by atoms with van der Waals surface area (Å²) in [4.78, 5) is 0. The smallest absolute Gasteiger partial charge is 0.168 e. The van der Waals surface area contributed by atoms with Gasteiger partial charge in [-0.3, -0.25) is 0 Å². The van der Waals surface area contributed by atoms with Crippen molar-refractivity contribution in [3.63, 3.8) is 0 Å². The van der Waals surface area contributed by atoms with Crippen LogP contribution in [0.3, 0.4) is 0 Å². The number of para-hydroxylation sites is 1. The number of rotatable bonds is 1. The van der Waals surface area contributed by atoms with Crippen molar-refractivity contribution in [1.29, 1.82) is 0 Å². The molecule has 4 rings (SSSR count). The Balaban J connectivity index is 0.00000182. The van der Waals surface area contributed by atoms with Crippen LogP contribution in [-0.4, -0.2) is 5.11 Å². The van der Waals surface area contributed by atoms with Crippen LogP contribution >= 0.6 is 11.6 Å². The predicted molar refractivity (Wildman–Crippen MR) is 92.3 cm³/mol. The molecule has 0 saturated carbocycles. The minimum Gasteiger partial charge on any atom is -1.00 e. The number of ether oxygens (including phenoxy) is 1. The minimum atomic E-state index is -1.21. The van der Waals surface area contributed by atoms with Crippen molar-refractivity contribution in [3.8, 4) is 11.5 Å². The molecule has 0 bridgehead atoms. The van der Waals surface area contributed by atoms with Crippen LogP contribution in [0, 0.1) is 0 Å². The van der Waals surface area contributed by atoms with E-state index in [1.807, 2.05) is 66.5 Å². The summed E-state index contributed by atoms with van der Waals surface area (Å²) in [7, 11) is 1.95. The summed E-state index contributed by atoms with van der Waals surface area (Å²) in [5, 5.41) is 12.3. The fourth-order valence-corrected chi connectivity index (χ4v) is 3.36. The Morgan fingerprint density at radius 3 is 2.52 bits per heavy atom. The lowest BCUT2D eigenvalue weighted by atomic mass is 9.81. The molecule has 2 aromatic carbocycles. The molecule has 0 fully saturated rings. The van der Waals surface area contributed by atoms with Gasteiger partial charge in [-0.15, -0.1) is 0 Å². The highest BCUT2D eigenvalue weighted by Gasteiger charge is 2.38. The Kier molecular flexibility index (Phi) is 4.87. The second-order valence-electron chi connectivity index (χ2n) is 6.14. The number of nitrogens with zero attached hydrogens (tertiary/aromatic N) is 1. The molecule has 0 saturated heterocycles. The van der Waals surface area contributed by atoms with Crippen molar-refractivity contribution in [2.24, 2.45) is 7.05 Å². The number of pyridine rings is 1. The maximum atomic E-state index is 11.7. The van der Waals surface area contributed by atoms with E-state index < -0.39 is 5.60 Å². The first kappa shape index (κ1) is 17.9. The lowest BCUT2D eigenvalue weighted by Crippen LogP contribution is -3.00. The van der Waals surface area contributed by atoms with E-state index in [9.17, 15) is 5.11 Å². The van der Waals surface area contributed by atoms with Crippen LogP contribution in [0.4, 0.5) is 0 Å². The van der Waals surface area contributed by atoms with Crippen molar-refractivity contribution < 1.29 is 31.4 Å². The molecule has 1 unspecified atom stereocenters. The maximum Gasteiger partial charge on any atom is 0.168 e. The molecule has 0 spiro atoms. The van der Waals surface area contributed by atoms with Crippen molar-refractivity contribution in [1.82, 2.24) is 0 Å². The van der Waals surface area contributed by atoms with Crippen LogP contribution in [-0.2, 0) is 19.1 Å². The number of aromatic nitrogens is 1. The lowest BCUT2D eigenvalue weighted by Gasteiger charge is -2.28. The quantitative estimate of drug-likeness (QED) is 0.592. The Bertz CT molecular complexity index is 914. The second kappa shape index (κ2) is 6.79. The Hall–Kier alpha value is -1.88. The third-order valence-electron chi connectivity index (χ3n) is 4.48. The van der Waals surface area contributed by atoms with Gasteiger partial charge in [-0.05, 0) is 29.8 Å². The first-order valence-electron chi connectivity index (χ1n) is 7.80. The van der Waals surface area contributed by atoms with E-state index in [1.54, 1.807) is 12.1 Å². The average Bonchev–Trinajstić information content (AvgIpc) is 2.70. The molecule has 1 atom stereocenters. The third kappa shape index (κ3) is 3.17. The van der Waals surface area contributed by atoms with E-state index in [2.05, 4.69) is 0 Å². The van der Waals surface area contributed by atoms with Gasteiger partial charge in [0.2, 0.25) is 0 Å². The molecule has 1 N–H and O–H groups in total. The average molecular weight is 419 g/mol. The van der Waals surface area contributed by atoms with E-state index in [0.717, 1.165) is 16.9 Å². The van der Waals surface area contributed by atoms with Gasteiger partial charge in [0.15, 0.2) is 12.4 Å². The summed E-state index contributed by atoms with van der Waals surface area (Å²) in [5.41, 5.74) is 1.24. The molecule has 0 aliphatic carbocycles. The molecule has 3 nitrogen and oxygen atoms in total. The van der Waals surface area contributed by atoms with Crippen LogP contribution in [0.25, 0.3) is 0 Å².